The van der Waals surface area contributed by atoms with Crippen molar-refractivity contribution in [3.05, 3.63) is 17.3 Å². The Morgan fingerprint density at radius 3 is 3.00 bits per heavy atom. The van der Waals surface area contributed by atoms with Gasteiger partial charge in [0.05, 0.1) is 6.20 Å². The number of halogens is 2. The van der Waals surface area contributed by atoms with Crippen LogP contribution in [0.15, 0.2) is 6.20 Å². The van der Waals surface area contributed by atoms with Crippen LogP contribution in [0.1, 0.15) is 46.5 Å². The van der Waals surface area contributed by atoms with Gasteiger partial charge in [0.15, 0.2) is 11.6 Å². The molecule has 0 bridgehead atoms. The second-order valence-corrected chi connectivity index (χ2v) is 6.56. The van der Waals surface area contributed by atoms with Crippen LogP contribution in [0.5, 0.6) is 0 Å². The largest absolute Gasteiger partial charge is 0.367 e. The van der Waals surface area contributed by atoms with Crippen LogP contribution < -0.4 is 5.32 Å². The molecule has 0 spiro atoms. The Hall–Kier alpha value is -0.940. The molecule has 4 nitrogen and oxygen atoms in total. The van der Waals surface area contributed by atoms with Crippen LogP contribution in [-0.2, 0) is 0 Å². The molecule has 1 saturated heterocycles. The third-order valence-corrected chi connectivity index (χ3v) is 4.55. The molecule has 0 saturated carbocycles. The standard InChI is InChI=1S/C15H24ClFN4/c1-4-11-6-5-9-21(11)15(2,3)7-8-18-13-12(17)10-19-14(16)20-13/h10-11H,4-9H2,1-3H3,(H,18,19,20)/t11-/m1/s1. The van der Waals surface area contributed by atoms with E-state index in [1.165, 1.54) is 19.3 Å². The minimum absolute atomic E-state index is 0.0590. The zero-order valence-corrected chi connectivity index (χ0v) is 13.8. The molecule has 0 aliphatic carbocycles. The zero-order valence-electron chi connectivity index (χ0n) is 13.0. The predicted molar refractivity (Wildman–Crippen MR) is 84.2 cm³/mol. The summed E-state index contributed by atoms with van der Waals surface area (Å²) in [5.41, 5.74) is 0.0947. The molecule has 0 unspecified atom stereocenters. The van der Waals surface area contributed by atoms with Gasteiger partial charge in [0.1, 0.15) is 0 Å². The van der Waals surface area contributed by atoms with Crippen molar-refractivity contribution >= 4 is 17.4 Å². The third kappa shape index (κ3) is 4.04. The van der Waals surface area contributed by atoms with Gasteiger partial charge in [-0.2, -0.15) is 4.98 Å². The van der Waals surface area contributed by atoms with Crippen molar-refractivity contribution in [1.29, 1.82) is 0 Å². The molecule has 1 atom stereocenters. The number of aromatic nitrogens is 2. The fraction of sp³-hybridized carbons (Fsp3) is 0.733. The molecule has 2 heterocycles. The highest BCUT2D eigenvalue weighted by atomic mass is 35.5. The van der Waals surface area contributed by atoms with Crippen molar-refractivity contribution < 1.29 is 4.39 Å². The van der Waals surface area contributed by atoms with E-state index in [2.05, 4.69) is 41.0 Å². The summed E-state index contributed by atoms with van der Waals surface area (Å²) in [5, 5.41) is 3.09. The third-order valence-electron chi connectivity index (χ3n) is 4.37. The molecule has 0 aromatic carbocycles. The van der Waals surface area contributed by atoms with Gasteiger partial charge in [-0.15, -0.1) is 0 Å². The average Bonchev–Trinajstić information content (AvgIpc) is 2.92. The Morgan fingerprint density at radius 1 is 1.52 bits per heavy atom. The van der Waals surface area contributed by atoms with Crippen LogP contribution in [0, 0.1) is 5.82 Å². The molecule has 1 aromatic rings. The maximum absolute atomic E-state index is 13.6. The van der Waals surface area contributed by atoms with Gasteiger partial charge < -0.3 is 5.32 Å². The fourth-order valence-electron chi connectivity index (χ4n) is 3.16. The molecule has 1 aliphatic rings. The summed E-state index contributed by atoms with van der Waals surface area (Å²) in [6, 6.07) is 0.672. The monoisotopic (exact) mass is 314 g/mol. The van der Waals surface area contributed by atoms with E-state index in [9.17, 15) is 4.39 Å². The maximum Gasteiger partial charge on any atom is 0.224 e. The van der Waals surface area contributed by atoms with Crippen molar-refractivity contribution in [3.8, 4) is 0 Å². The molecule has 6 heteroatoms. The van der Waals surface area contributed by atoms with Crippen LogP contribution in [0.2, 0.25) is 5.28 Å². The number of hydrogen-bond acceptors (Lipinski definition) is 4. The lowest BCUT2D eigenvalue weighted by molar-refractivity contribution is 0.0976. The molecule has 0 amide bonds. The zero-order chi connectivity index (χ0) is 15.5. The predicted octanol–water partition coefficient (Wildman–Crippen LogP) is 3.72. The summed E-state index contributed by atoms with van der Waals surface area (Å²) in [6.07, 6.45) is 5.75. The van der Waals surface area contributed by atoms with Gasteiger partial charge in [-0.1, -0.05) is 6.92 Å². The van der Waals surface area contributed by atoms with E-state index in [0.29, 0.717) is 12.6 Å². The average molecular weight is 315 g/mol. The van der Waals surface area contributed by atoms with Gasteiger partial charge in [0.25, 0.3) is 0 Å². The minimum atomic E-state index is -0.468. The van der Waals surface area contributed by atoms with Crippen LogP contribution >= 0.6 is 11.6 Å². The highest BCUT2D eigenvalue weighted by Gasteiger charge is 2.34. The quantitative estimate of drug-likeness (QED) is 0.812. The number of anilines is 1. The molecule has 2 rings (SSSR count). The van der Waals surface area contributed by atoms with Crippen LogP contribution in [0.25, 0.3) is 0 Å². The fourth-order valence-corrected chi connectivity index (χ4v) is 3.29. The Balaban J connectivity index is 1.91. The number of rotatable bonds is 6. The number of likely N-dealkylation sites (tertiary alicyclic amines) is 1. The molecule has 1 fully saturated rings. The Labute approximate surface area is 131 Å². The lowest BCUT2D eigenvalue weighted by Gasteiger charge is -2.40. The first kappa shape index (κ1) is 16.4. The van der Waals surface area contributed by atoms with Crippen molar-refractivity contribution in [1.82, 2.24) is 14.9 Å². The molecule has 118 valence electrons. The maximum atomic E-state index is 13.6. The molecule has 0 radical (unpaired) electrons. The summed E-state index contributed by atoms with van der Waals surface area (Å²) in [7, 11) is 0. The Morgan fingerprint density at radius 2 is 2.29 bits per heavy atom. The highest BCUT2D eigenvalue weighted by Crippen LogP contribution is 2.30. The first-order chi connectivity index (χ1) is 9.94. The van der Waals surface area contributed by atoms with E-state index in [4.69, 9.17) is 11.6 Å². The molecule has 1 aromatic heterocycles. The second kappa shape index (κ2) is 6.88. The summed E-state index contributed by atoms with van der Waals surface area (Å²) in [6.45, 7) is 8.57. The second-order valence-electron chi connectivity index (χ2n) is 6.22. The lowest BCUT2D eigenvalue weighted by atomic mass is 9.96. The molecule has 21 heavy (non-hydrogen) atoms. The van der Waals surface area contributed by atoms with E-state index in [-0.39, 0.29) is 16.6 Å². The van der Waals surface area contributed by atoms with Crippen molar-refractivity contribution in [2.75, 3.05) is 18.4 Å². The SMILES string of the molecule is CC[C@@H]1CCCN1C(C)(C)CCNc1nc(Cl)ncc1F. The van der Waals surface area contributed by atoms with E-state index in [0.717, 1.165) is 19.2 Å². The molecular weight excluding hydrogens is 291 g/mol. The number of nitrogens with zero attached hydrogens (tertiary/aromatic N) is 3. The minimum Gasteiger partial charge on any atom is -0.367 e. The summed E-state index contributed by atoms with van der Waals surface area (Å²) >= 11 is 5.69. The Kier molecular flexibility index (Phi) is 5.38. The van der Waals surface area contributed by atoms with Gasteiger partial charge in [0.2, 0.25) is 5.28 Å². The van der Waals surface area contributed by atoms with Gasteiger partial charge in [-0.05, 0) is 57.7 Å². The first-order valence-corrected chi connectivity index (χ1v) is 8.00. The lowest BCUT2D eigenvalue weighted by Crippen LogP contribution is -2.47. The highest BCUT2D eigenvalue weighted by molar-refractivity contribution is 6.28. The molecule has 1 aliphatic heterocycles. The summed E-state index contributed by atoms with van der Waals surface area (Å²) in [4.78, 5) is 10.1. The Bertz CT molecular complexity index is 481. The van der Waals surface area contributed by atoms with Gasteiger partial charge in [-0.3, -0.25) is 4.90 Å². The van der Waals surface area contributed by atoms with Gasteiger partial charge >= 0.3 is 0 Å². The molecular formula is C15H24ClFN4. The summed E-state index contributed by atoms with van der Waals surface area (Å²) < 4.78 is 13.6. The van der Waals surface area contributed by atoms with Crippen LogP contribution in [0.3, 0.4) is 0 Å². The van der Waals surface area contributed by atoms with Crippen LogP contribution in [-0.4, -0.2) is 39.5 Å². The van der Waals surface area contributed by atoms with Gasteiger partial charge in [0, 0.05) is 18.1 Å². The number of hydrogen-bond donors (Lipinski definition) is 1. The van der Waals surface area contributed by atoms with E-state index < -0.39 is 5.82 Å². The van der Waals surface area contributed by atoms with Crippen molar-refractivity contribution in [2.24, 2.45) is 0 Å². The summed E-state index contributed by atoms with van der Waals surface area (Å²) in [5.74, 6) is -0.288. The van der Waals surface area contributed by atoms with E-state index in [1.807, 2.05) is 0 Å². The smallest absolute Gasteiger partial charge is 0.224 e. The van der Waals surface area contributed by atoms with Gasteiger partial charge in [-0.25, -0.2) is 9.37 Å². The van der Waals surface area contributed by atoms with E-state index >= 15 is 0 Å². The normalized spacial score (nSPS) is 20.0. The van der Waals surface area contributed by atoms with Crippen molar-refractivity contribution in [2.45, 2.75) is 58.0 Å². The first-order valence-electron chi connectivity index (χ1n) is 7.62. The van der Waals surface area contributed by atoms with Crippen LogP contribution in [0.4, 0.5) is 10.2 Å². The molecule has 1 N–H and O–H groups in total. The van der Waals surface area contributed by atoms with E-state index in [1.54, 1.807) is 0 Å². The number of nitrogens with one attached hydrogen (secondary N) is 1. The topological polar surface area (TPSA) is 41.0 Å². The van der Waals surface area contributed by atoms with Crippen molar-refractivity contribution in [3.63, 3.8) is 0 Å².